The predicted molar refractivity (Wildman–Crippen MR) is 113 cm³/mol. The molecule has 1 N–H and O–H groups in total. The van der Waals surface area contributed by atoms with Gasteiger partial charge in [0.25, 0.3) is 5.91 Å². The molecule has 0 radical (unpaired) electrons. The van der Waals surface area contributed by atoms with Crippen molar-refractivity contribution in [2.24, 2.45) is 0 Å². The summed E-state index contributed by atoms with van der Waals surface area (Å²) in [6, 6.07) is 11.8. The first-order chi connectivity index (χ1) is 14.3. The number of aliphatic hydroxyl groups is 1. The number of aromatic nitrogens is 1. The van der Waals surface area contributed by atoms with Crippen LogP contribution in [0.5, 0.6) is 0 Å². The Kier molecular flexibility index (Phi) is 6.76. The Balaban J connectivity index is 1.65. The molecule has 1 aliphatic heterocycles. The van der Waals surface area contributed by atoms with E-state index >= 15 is 0 Å². The van der Waals surface area contributed by atoms with Gasteiger partial charge in [0.05, 0.1) is 6.10 Å². The summed E-state index contributed by atoms with van der Waals surface area (Å²) < 4.78 is 5.13. The Bertz CT molecular complexity index is 1000. The topological polar surface area (TPSA) is 79.7 Å². The maximum absolute atomic E-state index is 12.8. The minimum Gasteiger partial charge on any atom is -0.458 e. The van der Waals surface area contributed by atoms with Crippen molar-refractivity contribution in [3.05, 3.63) is 64.4 Å². The first-order valence-corrected chi connectivity index (χ1v) is 10.1. The smallest absolute Gasteiger partial charge is 0.357 e. The van der Waals surface area contributed by atoms with Gasteiger partial charge in [-0.25, -0.2) is 9.78 Å². The van der Waals surface area contributed by atoms with Crippen molar-refractivity contribution in [3.63, 3.8) is 0 Å². The average molecular weight is 427 g/mol. The van der Waals surface area contributed by atoms with Crippen molar-refractivity contribution in [1.29, 1.82) is 0 Å². The molecule has 1 aromatic carbocycles. The van der Waals surface area contributed by atoms with Gasteiger partial charge in [0, 0.05) is 36.5 Å². The van der Waals surface area contributed by atoms with Crippen molar-refractivity contribution in [1.82, 2.24) is 9.88 Å². The second kappa shape index (κ2) is 9.29. The molecule has 0 saturated carbocycles. The van der Waals surface area contributed by atoms with E-state index in [4.69, 9.17) is 16.3 Å². The molecule has 3 rings (SSSR count). The molecule has 0 atom stereocenters. The van der Waals surface area contributed by atoms with Crippen LogP contribution in [0.15, 0.2) is 42.5 Å². The zero-order valence-electron chi connectivity index (χ0n) is 16.9. The van der Waals surface area contributed by atoms with Crippen LogP contribution in [0.1, 0.15) is 53.2 Å². The molecule has 0 unspecified atom stereocenters. The lowest BCUT2D eigenvalue weighted by molar-refractivity contribution is 0.0246. The number of amides is 1. The summed E-state index contributed by atoms with van der Waals surface area (Å²) in [7, 11) is 0. The lowest BCUT2D eigenvalue weighted by atomic mass is 9.91. The molecule has 2 aromatic rings. The molecule has 6 nitrogen and oxygen atoms in total. The molecule has 1 amide bonds. The Morgan fingerprint density at radius 2 is 1.83 bits per heavy atom. The van der Waals surface area contributed by atoms with Crippen molar-refractivity contribution < 1.29 is 19.4 Å². The number of hydrogen-bond donors (Lipinski definition) is 1. The standard InChI is InChI=1S/C23H23ClN2O4/c1-16(2)30-22(28)20-8-4-7-19(25-20)21(27)26-13-11-23(29,12-14-26)10-9-17-5-3-6-18(24)15-17/h3-8,15-16,29H,11-14H2,1-2H3. The van der Waals surface area contributed by atoms with Crippen LogP contribution in [-0.2, 0) is 4.74 Å². The van der Waals surface area contributed by atoms with Crippen molar-refractivity contribution in [3.8, 4) is 11.8 Å². The molecule has 0 bridgehead atoms. The maximum Gasteiger partial charge on any atom is 0.357 e. The second-order valence-electron chi connectivity index (χ2n) is 7.45. The number of carbonyl (C=O) groups is 2. The highest BCUT2D eigenvalue weighted by molar-refractivity contribution is 6.30. The SMILES string of the molecule is CC(C)OC(=O)c1cccc(C(=O)N2CCC(O)(C#Cc3cccc(Cl)c3)CC2)n1. The predicted octanol–water partition coefficient (Wildman–Crippen LogP) is 3.32. The van der Waals surface area contributed by atoms with Gasteiger partial charge in [-0.05, 0) is 44.2 Å². The summed E-state index contributed by atoms with van der Waals surface area (Å²) in [6.45, 7) is 4.16. The van der Waals surface area contributed by atoms with Crippen LogP contribution in [0.4, 0.5) is 0 Å². The molecule has 0 aliphatic carbocycles. The molecular weight excluding hydrogens is 404 g/mol. The number of likely N-dealkylation sites (tertiary alicyclic amines) is 1. The first kappa shape index (κ1) is 21.8. The molecule has 1 fully saturated rings. The number of ether oxygens (including phenoxy) is 1. The van der Waals surface area contributed by atoms with E-state index in [1.807, 2.05) is 6.07 Å². The normalized spacial score (nSPS) is 15.3. The Labute approximate surface area is 180 Å². The van der Waals surface area contributed by atoms with E-state index < -0.39 is 11.6 Å². The van der Waals surface area contributed by atoms with Crippen molar-refractivity contribution in [2.75, 3.05) is 13.1 Å². The third-order valence-corrected chi connectivity index (χ3v) is 4.90. The average Bonchev–Trinajstić information content (AvgIpc) is 2.72. The fraction of sp³-hybridized carbons (Fsp3) is 0.348. The molecule has 30 heavy (non-hydrogen) atoms. The van der Waals surface area contributed by atoms with Gasteiger partial charge in [-0.15, -0.1) is 0 Å². The third kappa shape index (κ3) is 5.59. The van der Waals surface area contributed by atoms with Crippen LogP contribution in [0.25, 0.3) is 0 Å². The maximum atomic E-state index is 12.8. The van der Waals surface area contributed by atoms with Gasteiger partial charge in [-0.1, -0.05) is 35.6 Å². The minimum atomic E-state index is -1.17. The van der Waals surface area contributed by atoms with E-state index in [9.17, 15) is 14.7 Å². The van der Waals surface area contributed by atoms with Gasteiger partial charge in [0.1, 0.15) is 17.0 Å². The van der Waals surface area contributed by atoms with Gasteiger partial charge in [-0.3, -0.25) is 4.79 Å². The van der Waals surface area contributed by atoms with Crippen LogP contribution >= 0.6 is 11.6 Å². The van der Waals surface area contributed by atoms with Crippen LogP contribution in [-0.4, -0.2) is 51.7 Å². The number of halogens is 1. The summed E-state index contributed by atoms with van der Waals surface area (Å²) in [5.74, 6) is 5.01. The third-order valence-electron chi connectivity index (χ3n) is 4.66. The highest BCUT2D eigenvalue weighted by atomic mass is 35.5. The highest BCUT2D eigenvalue weighted by Gasteiger charge is 2.33. The molecule has 7 heteroatoms. The van der Waals surface area contributed by atoms with Gasteiger partial charge in [-0.2, -0.15) is 0 Å². The summed E-state index contributed by atoms with van der Waals surface area (Å²) in [4.78, 5) is 30.6. The van der Waals surface area contributed by atoms with Crippen LogP contribution < -0.4 is 0 Å². The molecule has 2 heterocycles. The van der Waals surface area contributed by atoms with Gasteiger partial charge >= 0.3 is 5.97 Å². The monoisotopic (exact) mass is 426 g/mol. The molecule has 156 valence electrons. The Hall–Kier alpha value is -2.88. The number of piperidine rings is 1. The molecule has 1 aromatic heterocycles. The van der Waals surface area contributed by atoms with Crippen LogP contribution in [0.3, 0.4) is 0 Å². The molecule has 0 spiro atoms. The number of benzene rings is 1. The number of nitrogens with zero attached hydrogens (tertiary/aromatic N) is 2. The van der Waals surface area contributed by atoms with Crippen LogP contribution in [0.2, 0.25) is 5.02 Å². The fourth-order valence-electron chi connectivity index (χ4n) is 3.06. The van der Waals surface area contributed by atoms with Crippen molar-refractivity contribution in [2.45, 2.75) is 38.4 Å². The van der Waals surface area contributed by atoms with Crippen LogP contribution in [0, 0.1) is 11.8 Å². The fourth-order valence-corrected chi connectivity index (χ4v) is 3.25. The molecular formula is C23H23ClN2O4. The summed E-state index contributed by atoms with van der Waals surface area (Å²) in [6.07, 6.45) is 0.370. The second-order valence-corrected chi connectivity index (χ2v) is 7.88. The van der Waals surface area contributed by atoms with E-state index in [0.717, 1.165) is 5.56 Å². The zero-order chi connectivity index (χ0) is 21.7. The largest absolute Gasteiger partial charge is 0.458 e. The lowest BCUT2D eigenvalue weighted by Crippen LogP contribution is -2.46. The summed E-state index contributed by atoms with van der Waals surface area (Å²) in [5.41, 5.74) is -0.182. The summed E-state index contributed by atoms with van der Waals surface area (Å²) >= 11 is 5.96. The lowest BCUT2D eigenvalue weighted by Gasteiger charge is -2.34. The Morgan fingerprint density at radius 3 is 2.50 bits per heavy atom. The van der Waals surface area contributed by atoms with Gasteiger partial charge < -0.3 is 14.7 Å². The van der Waals surface area contributed by atoms with E-state index in [1.165, 1.54) is 6.07 Å². The number of esters is 1. The highest BCUT2D eigenvalue weighted by Crippen LogP contribution is 2.23. The van der Waals surface area contributed by atoms with E-state index in [0.29, 0.717) is 31.0 Å². The van der Waals surface area contributed by atoms with E-state index in [-0.39, 0.29) is 23.4 Å². The van der Waals surface area contributed by atoms with Gasteiger partial charge in [0.15, 0.2) is 0 Å². The Morgan fingerprint density at radius 1 is 1.17 bits per heavy atom. The number of hydrogen-bond acceptors (Lipinski definition) is 5. The van der Waals surface area contributed by atoms with E-state index in [2.05, 4.69) is 16.8 Å². The number of rotatable bonds is 3. The quantitative estimate of drug-likeness (QED) is 0.601. The minimum absolute atomic E-state index is 0.0930. The molecule has 1 saturated heterocycles. The number of carbonyl (C=O) groups excluding carboxylic acids is 2. The molecule has 1 aliphatic rings. The van der Waals surface area contributed by atoms with Crippen molar-refractivity contribution >= 4 is 23.5 Å². The zero-order valence-corrected chi connectivity index (χ0v) is 17.6. The van der Waals surface area contributed by atoms with Gasteiger partial charge in [0.2, 0.25) is 0 Å². The first-order valence-electron chi connectivity index (χ1n) is 9.74. The number of pyridine rings is 1. The van der Waals surface area contributed by atoms with E-state index in [1.54, 1.807) is 49.1 Å². The summed E-state index contributed by atoms with van der Waals surface area (Å²) in [5, 5.41) is 11.3.